The number of aromatic nitrogens is 1. The van der Waals surface area contributed by atoms with Crippen molar-refractivity contribution in [3.8, 4) is 5.75 Å². The summed E-state index contributed by atoms with van der Waals surface area (Å²) in [5, 5.41) is 0. The second-order valence-electron chi connectivity index (χ2n) is 11.0. The van der Waals surface area contributed by atoms with E-state index in [1.54, 1.807) is 6.20 Å². The summed E-state index contributed by atoms with van der Waals surface area (Å²) < 4.78 is 5.65. The van der Waals surface area contributed by atoms with E-state index < -0.39 is 0 Å². The zero-order valence-corrected chi connectivity index (χ0v) is 21.5. The van der Waals surface area contributed by atoms with Gasteiger partial charge in [-0.2, -0.15) is 0 Å². The Morgan fingerprint density at radius 3 is 1.97 bits per heavy atom. The number of carbonyl (C=O) groups is 1. The Bertz CT molecular complexity index is 654. The number of carbonyl (C=O) groups excluding carboxylic acids is 1. The van der Waals surface area contributed by atoms with Crippen LogP contribution in [0.1, 0.15) is 129 Å². The molecule has 2 aliphatic carbocycles. The van der Waals surface area contributed by atoms with Gasteiger partial charge in [-0.05, 0) is 68.4 Å². The zero-order chi connectivity index (χ0) is 23.3. The van der Waals surface area contributed by atoms with Crippen molar-refractivity contribution in [2.75, 3.05) is 0 Å². The summed E-state index contributed by atoms with van der Waals surface area (Å²) >= 11 is 0. The molecule has 3 heteroatoms. The van der Waals surface area contributed by atoms with Gasteiger partial charge in [0.05, 0.1) is 12.1 Å². The second kappa shape index (κ2) is 14.8. The van der Waals surface area contributed by atoms with Crippen molar-refractivity contribution in [2.24, 2.45) is 23.7 Å². The number of ether oxygens (including phenoxy) is 1. The van der Waals surface area contributed by atoms with Crippen molar-refractivity contribution in [1.82, 2.24) is 4.98 Å². The summed E-state index contributed by atoms with van der Waals surface area (Å²) in [5.41, 5.74) is 1.08. The molecule has 0 N–H and O–H groups in total. The van der Waals surface area contributed by atoms with Crippen LogP contribution < -0.4 is 4.74 Å². The molecular formula is C30H49NO2. The highest BCUT2D eigenvalue weighted by Gasteiger charge is 2.29. The highest BCUT2D eigenvalue weighted by Crippen LogP contribution is 2.38. The van der Waals surface area contributed by atoms with Crippen LogP contribution in [0.4, 0.5) is 0 Å². The fourth-order valence-corrected chi connectivity index (χ4v) is 6.00. The number of pyridine rings is 1. The van der Waals surface area contributed by atoms with Crippen LogP contribution in [-0.4, -0.2) is 11.0 Å². The van der Waals surface area contributed by atoms with Crippen LogP contribution in [0, 0.1) is 23.7 Å². The zero-order valence-electron chi connectivity index (χ0n) is 21.5. The SMILES string of the molecule is CCCCCC[C@H]1CC[C@H](CC[C@H]2CC[C@H](C(=O)Oc3ccc(CCCC)nc3)CC2)CC1. The molecule has 0 radical (unpaired) electrons. The molecule has 2 aliphatic rings. The summed E-state index contributed by atoms with van der Waals surface area (Å²) in [5.74, 6) is 3.43. The molecule has 1 aromatic heterocycles. The molecule has 0 aliphatic heterocycles. The lowest BCUT2D eigenvalue weighted by atomic mass is 9.75. The topological polar surface area (TPSA) is 39.2 Å². The van der Waals surface area contributed by atoms with Gasteiger partial charge in [-0.25, -0.2) is 0 Å². The minimum absolute atomic E-state index is 0.0474. The molecule has 0 unspecified atom stereocenters. The van der Waals surface area contributed by atoms with E-state index in [4.69, 9.17) is 4.74 Å². The van der Waals surface area contributed by atoms with Crippen LogP contribution in [0.25, 0.3) is 0 Å². The Morgan fingerprint density at radius 1 is 0.788 bits per heavy atom. The molecule has 0 spiro atoms. The van der Waals surface area contributed by atoms with Gasteiger partial charge in [-0.3, -0.25) is 9.78 Å². The summed E-state index contributed by atoms with van der Waals surface area (Å²) in [4.78, 5) is 17.1. The van der Waals surface area contributed by atoms with Gasteiger partial charge in [-0.15, -0.1) is 0 Å². The third kappa shape index (κ3) is 9.41. The number of aryl methyl sites for hydroxylation is 1. The molecule has 0 aromatic carbocycles. The molecule has 2 saturated carbocycles. The minimum Gasteiger partial charge on any atom is -0.425 e. The lowest BCUT2D eigenvalue weighted by Gasteiger charge is -2.31. The van der Waals surface area contributed by atoms with E-state index in [-0.39, 0.29) is 11.9 Å². The van der Waals surface area contributed by atoms with Crippen LogP contribution >= 0.6 is 0 Å². The molecule has 3 nitrogen and oxygen atoms in total. The maximum atomic E-state index is 12.6. The van der Waals surface area contributed by atoms with Crippen molar-refractivity contribution in [3.05, 3.63) is 24.0 Å². The molecule has 0 atom stereocenters. The Labute approximate surface area is 203 Å². The van der Waals surface area contributed by atoms with E-state index in [1.807, 2.05) is 12.1 Å². The molecule has 2 fully saturated rings. The fraction of sp³-hybridized carbons (Fsp3) is 0.800. The van der Waals surface area contributed by atoms with Gasteiger partial charge in [-0.1, -0.05) is 90.9 Å². The maximum absolute atomic E-state index is 12.6. The molecular weight excluding hydrogens is 406 g/mol. The van der Waals surface area contributed by atoms with E-state index >= 15 is 0 Å². The third-order valence-electron chi connectivity index (χ3n) is 8.40. The number of rotatable bonds is 13. The predicted octanol–water partition coefficient (Wildman–Crippen LogP) is 8.69. The van der Waals surface area contributed by atoms with Gasteiger partial charge in [0.25, 0.3) is 0 Å². The normalized spacial score (nSPS) is 25.6. The van der Waals surface area contributed by atoms with Crippen molar-refractivity contribution in [1.29, 1.82) is 0 Å². The van der Waals surface area contributed by atoms with E-state index in [2.05, 4.69) is 18.8 Å². The molecule has 0 bridgehead atoms. The Hall–Kier alpha value is -1.38. The lowest BCUT2D eigenvalue weighted by molar-refractivity contribution is -0.140. The number of unbranched alkanes of at least 4 members (excludes halogenated alkanes) is 4. The first kappa shape index (κ1) is 26.2. The average Bonchev–Trinajstić information content (AvgIpc) is 2.86. The van der Waals surface area contributed by atoms with Gasteiger partial charge < -0.3 is 4.74 Å². The van der Waals surface area contributed by atoms with Gasteiger partial charge >= 0.3 is 5.97 Å². The Balaban J connectivity index is 1.27. The summed E-state index contributed by atoms with van der Waals surface area (Å²) in [6, 6.07) is 3.90. The molecule has 0 amide bonds. The van der Waals surface area contributed by atoms with Crippen molar-refractivity contribution in [2.45, 2.75) is 129 Å². The maximum Gasteiger partial charge on any atom is 0.314 e. The van der Waals surface area contributed by atoms with Gasteiger partial charge in [0.1, 0.15) is 5.75 Å². The van der Waals surface area contributed by atoms with Crippen LogP contribution in [-0.2, 0) is 11.2 Å². The van der Waals surface area contributed by atoms with Crippen LogP contribution in [0.2, 0.25) is 0 Å². The fourth-order valence-electron chi connectivity index (χ4n) is 6.00. The first-order chi connectivity index (χ1) is 16.2. The molecule has 33 heavy (non-hydrogen) atoms. The van der Waals surface area contributed by atoms with E-state index in [0.717, 1.165) is 49.1 Å². The molecule has 186 valence electrons. The summed E-state index contributed by atoms with van der Waals surface area (Å²) in [6.45, 7) is 4.49. The smallest absolute Gasteiger partial charge is 0.314 e. The highest BCUT2D eigenvalue weighted by atomic mass is 16.5. The lowest BCUT2D eigenvalue weighted by Crippen LogP contribution is -2.26. The molecule has 1 aromatic rings. The number of hydrogen-bond acceptors (Lipinski definition) is 3. The van der Waals surface area contributed by atoms with Crippen molar-refractivity contribution < 1.29 is 9.53 Å². The Morgan fingerprint density at radius 2 is 1.39 bits per heavy atom. The van der Waals surface area contributed by atoms with Gasteiger partial charge in [0, 0.05) is 5.69 Å². The van der Waals surface area contributed by atoms with E-state index in [1.165, 1.54) is 89.9 Å². The Kier molecular flexibility index (Phi) is 11.8. The third-order valence-corrected chi connectivity index (χ3v) is 8.40. The van der Waals surface area contributed by atoms with Crippen molar-refractivity contribution in [3.63, 3.8) is 0 Å². The van der Waals surface area contributed by atoms with E-state index in [9.17, 15) is 4.79 Å². The van der Waals surface area contributed by atoms with Crippen molar-refractivity contribution >= 4 is 5.97 Å². The van der Waals surface area contributed by atoms with Crippen LogP contribution in [0.5, 0.6) is 5.75 Å². The highest BCUT2D eigenvalue weighted by molar-refractivity contribution is 5.75. The quantitative estimate of drug-likeness (QED) is 0.220. The van der Waals surface area contributed by atoms with Crippen LogP contribution in [0.15, 0.2) is 18.3 Å². The molecule has 1 heterocycles. The van der Waals surface area contributed by atoms with Gasteiger partial charge in [0.15, 0.2) is 0 Å². The molecule has 3 rings (SSSR count). The van der Waals surface area contributed by atoms with Crippen LogP contribution in [0.3, 0.4) is 0 Å². The monoisotopic (exact) mass is 455 g/mol. The minimum atomic E-state index is -0.0474. The molecule has 0 saturated heterocycles. The van der Waals surface area contributed by atoms with Gasteiger partial charge in [0.2, 0.25) is 0 Å². The largest absolute Gasteiger partial charge is 0.425 e. The number of hydrogen-bond donors (Lipinski definition) is 0. The number of nitrogens with zero attached hydrogens (tertiary/aromatic N) is 1. The predicted molar refractivity (Wildman–Crippen MR) is 137 cm³/mol. The summed E-state index contributed by atoms with van der Waals surface area (Å²) in [7, 11) is 0. The number of esters is 1. The first-order valence-corrected chi connectivity index (χ1v) is 14.3. The second-order valence-corrected chi connectivity index (χ2v) is 11.0. The average molecular weight is 456 g/mol. The van der Waals surface area contributed by atoms with E-state index in [0.29, 0.717) is 5.75 Å². The summed E-state index contributed by atoms with van der Waals surface area (Å²) in [6.07, 6.45) is 25.2. The standard InChI is InChI=1S/C30H49NO2/c1-3-5-7-8-9-24-11-13-25(14-12-24)15-16-26-17-19-27(20-18-26)30(32)33-29-22-21-28(31-23-29)10-6-4-2/h21-27H,3-20H2,1-2H3/t24-,25-,26-,27-. The first-order valence-electron chi connectivity index (χ1n) is 14.3.